The summed E-state index contributed by atoms with van der Waals surface area (Å²) in [6, 6.07) is 15.1. The SMILES string of the molecule is Cc1nc(-c2cccc(Cl)c2)n(CC(=O)N[C@H]2CCc3ccccc32)c(=O)c1CCO. The maximum Gasteiger partial charge on any atom is 0.257 e. The fraction of sp³-hybridized carbons (Fsp3) is 0.292. The lowest BCUT2D eigenvalue weighted by atomic mass is 10.1. The number of fused-ring (bicyclic) bond motifs is 1. The number of amides is 1. The van der Waals surface area contributed by atoms with Crippen LogP contribution in [0.2, 0.25) is 5.02 Å². The molecule has 2 aromatic carbocycles. The molecular weight excluding hydrogens is 414 g/mol. The van der Waals surface area contributed by atoms with Gasteiger partial charge in [-0.1, -0.05) is 48.0 Å². The van der Waals surface area contributed by atoms with Crippen LogP contribution >= 0.6 is 11.6 Å². The molecule has 0 fully saturated rings. The molecule has 31 heavy (non-hydrogen) atoms. The number of nitrogens with zero attached hydrogens (tertiary/aromatic N) is 2. The minimum Gasteiger partial charge on any atom is -0.396 e. The molecule has 1 atom stereocenters. The molecule has 0 aliphatic heterocycles. The first kappa shape index (κ1) is 21.3. The summed E-state index contributed by atoms with van der Waals surface area (Å²) < 4.78 is 1.37. The summed E-state index contributed by atoms with van der Waals surface area (Å²) in [4.78, 5) is 30.8. The molecule has 0 unspecified atom stereocenters. The van der Waals surface area contributed by atoms with Gasteiger partial charge in [-0.2, -0.15) is 0 Å². The number of aromatic nitrogens is 2. The molecule has 6 nitrogen and oxygen atoms in total. The Morgan fingerprint density at radius 3 is 2.84 bits per heavy atom. The van der Waals surface area contributed by atoms with E-state index in [1.54, 1.807) is 31.2 Å². The van der Waals surface area contributed by atoms with E-state index in [4.69, 9.17) is 11.6 Å². The van der Waals surface area contributed by atoms with E-state index in [0.717, 1.165) is 18.4 Å². The monoisotopic (exact) mass is 437 g/mol. The van der Waals surface area contributed by atoms with Crippen LogP contribution in [-0.2, 0) is 24.2 Å². The molecule has 4 rings (SSSR count). The minimum atomic E-state index is -0.321. The molecule has 1 aromatic heterocycles. The second kappa shape index (κ2) is 9.04. The first-order valence-electron chi connectivity index (χ1n) is 10.3. The quantitative estimate of drug-likeness (QED) is 0.620. The summed E-state index contributed by atoms with van der Waals surface area (Å²) in [7, 11) is 0. The van der Waals surface area contributed by atoms with Gasteiger partial charge in [-0.05, 0) is 43.0 Å². The summed E-state index contributed by atoms with van der Waals surface area (Å²) in [6.07, 6.45) is 1.94. The number of carbonyl (C=O) groups is 1. The van der Waals surface area contributed by atoms with Crippen LogP contribution in [0.4, 0.5) is 0 Å². The molecular formula is C24H24ClN3O3. The Morgan fingerprint density at radius 1 is 1.26 bits per heavy atom. The van der Waals surface area contributed by atoms with E-state index in [0.29, 0.717) is 27.7 Å². The van der Waals surface area contributed by atoms with Crippen molar-refractivity contribution in [2.75, 3.05) is 6.61 Å². The largest absolute Gasteiger partial charge is 0.396 e. The third-order valence-electron chi connectivity index (χ3n) is 5.68. The van der Waals surface area contributed by atoms with Crippen molar-refractivity contribution in [1.29, 1.82) is 0 Å². The number of hydrogen-bond donors (Lipinski definition) is 2. The Balaban J connectivity index is 1.68. The Morgan fingerprint density at radius 2 is 2.06 bits per heavy atom. The van der Waals surface area contributed by atoms with E-state index in [9.17, 15) is 14.7 Å². The molecule has 1 aliphatic rings. The highest BCUT2D eigenvalue weighted by molar-refractivity contribution is 6.30. The van der Waals surface area contributed by atoms with Crippen LogP contribution in [0, 0.1) is 6.92 Å². The smallest absolute Gasteiger partial charge is 0.257 e. The zero-order chi connectivity index (χ0) is 22.0. The third-order valence-corrected chi connectivity index (χ3v) is 5.92. The van der Waals surface area contributed by atoms with Crippen molar-refractivity contribution in [2.45, 2.75) is 38.8 Å². The first-order chi connectivity index (χ1) is 15.0. The third kappa shape index (κ3) is 4.40. The van der Waals surface area contributed by atoms with Gasteiger partial charge >= 0.3 is 0 Å². The molecule has 3 aromatic rings. The Hall–Kier alpha value is -2.96. The molecule has 0 bridgehead atoms. The lowest BCUT2D eigenvalue weighted by molar-refractivity contribution is -0.122. The topological polar surface area (TPSA) is 84.2 Å². The van der Waals surface area contributed by atoms with Crippen molar-refractivity contribution in [3.8, 4) is 11.4 Å². The molecule has 160 valence electrons. The van der Waals surface area contributed by atoms with E-state index in [2.05, 4.69) is 16.4 Å². The van der Waals surface area contributed by atoms with Crippen LogP contribution in [0.15, 0.2) is 53.3 Å². The van der Waals surface area contributed by atoms with E-state index in [-0.39, 0.29) is 37.1 Å². The first-order valence-corrected chi connectivity index (χ1v) is 10.7. The fourth-order valence-corrected chi connectivity index (χ4v) is 4.38. The van der Waals surface area contributed by atoms with Crippen LogP contribution in [0.1, 0.15) is 34.8 Å². The maximum absolute atomic E-state index is 13.2. The number of aliphatic hydroxyl groups excluding tert-OH is 1. The number of hydrogen-bond acceptors (Lipinski definition) is 4. The summed E-state index contributed by atoms with van der Waals surface area (Å²) in [5.74, 6) is 0.126. The van der Waals surface area contributed by atoms with Crippen LogP contribution in [0.25, 0.3) is 11.4 Å². The van der Waals surface area contributed by atoms with E-state index < -0.39 is 0 Å². The van der Waals surface area contributed by atoms with Crippen molar-refractivity contribution in [3.63, 3.8) is 0 Å². The van der Waals surface area contributed by atoms with Gasteiger partial charge in [0.25, 0.3) is 5.56 Å². The number of carbonyl (C=O) groups excluding carboxylic acids is 1. The number of aliphatic hydroxyl groups is 1. The average Bonchev–Trinajstić information content (AvgIpc) is 3.16. The fourth-order valence-electron chi connectivity index (χ4n) is 4.19. The summed E-state index contributed by atoms with van der Waals surface area (Å²) in [5.41, 5.74) is 3.65. The lowest BCUT2D eigenvalue weighted by Crippen LogP contribution is -2.36. The van der Waals surface area contributed by atoms with Crippen molar-refractivity contribution in [3.05, 3.63) is 86.3 Å². The summed E-state index contributed by atoms with van der Waals surface area (Å²) >= 11 is 6.15. The van der Waals surface area contributed by atoms with Crippen LogP contribution in [0.5, 0.6) is 0 Å². The lowest BCUT2D eigenvalue weighted by Gasteiger charge is -2.18. The van der Waals surface area contributed by atoms with Crippen molar-refractivity contribution >= 4 is 17.5 Å². The molecule has 0 radical (unpaired) electrons. The Kier molecular flexibility index (Phi) is 6.20. The van der Waals surface area contributed by atoms with E-state index >= 15 is 0 Å². The van der Waals surface area contributed by atoms with E-state index in [1.165, 1.54) is 10.1 Å². The molecule has 2 N–H and O–H groups in total. The van der Waals surface area contributed by atoms with E-state index in [1.807, 2.05) is 18.2 Å². The van der Waals surface area contributed by atoms with Gasteiger partial charge in [-0.15, -0.1) is 0 Å². The number of benzene rings is 2. The van der Waals surface area contributed by atoms with Gasteiger partial charge in [0.05, 0.1) is 6.04 Å². The molecule has 0 spiro atoms. The summed E-state index contributed by atoms with van der Waals surface area (Å²) in [6.45, 7) is 1.41. The molecule has 1 heterocycles. The minimum absolute atomic E-state index is 0.0654. The molecule has 0 saturated carbocycles. The van der Waals surface area contributed by atoms with Crippen molar-refractivity contribution in [2.24, 2.45) is 0 Å². The van der Waals surface area contributed by atoms with Crippen LogP contribution in [-0.4, -0.2) is 27.2 Å². The van der Waals surface area contributed by atoms with Gasteiger partial charge in [0.2, 0.25) is 5.91 Å². The Bertz CT molecular complexity index is 1190. The van der Waals surface area contributed by atoms with Crippen molar-refractivity contribution < 1.29 is 9.90 Å². The van der Waals surface area contributed by atoms with Gasteiger partial charge < -0.3 is 10.4 Å². The van der Waals surface area contributed by atoms with Crippen molar-refractivity contribution in [1.82, 2.24) is 14.9 Å². The van der Waals surface area contributed by atoms with Gasteiger partial charge in [-0.3, -0.25) is 14.2 Å². The standard InChI is InChI=1S/C24H24ClN3O3/c1-15-19(11-12-29)24(31)28(23(26-15)17-6-4-7-18(25)13-17)14-22(30)27-21-10-9-16-5-2-3-8-20(16)21/h2-8,13,21,29H,9-12,14H2,1H3,(H,27,30)/t21-/m0/s1. The molecule has 1 aliphatic carbocycles. The number of aryl methyl sites for hydroxylation is 2. The van der Waals surface area contributed by atoms with Gasteiger partial charge in [0, 0.05) is 34.9 Å². The summed E-state index contributed by atoms with van der Waals surface area (Å²) in [5, 5.41) is 13.0. The normalized spacial score (nSPS) is 15.0. The predicted octanol–water partition coefficient (Wildman–Crippen LogP) is 3.21. The van der Waals surface area contributed by atoms with Crippen LogP contribution < -0.4 is 10.9 Å². The van der Waals surface area contributed by atoms with Crippen LogP contribution in [0.3, 0.4) is 0 Å². The zero-order valence-corrected chi connectivity index (χ0v) is 18.0. The maximum atomic E-state index is 13.2. The molecule has 1 amide bonds. The zero-order valence-electron chi connectivity index (χ0n) is 17.3. The molecule has 7 heteroatoms. The van der Waals surface area contributed by atoms with Gasteiger partial charge in [0.15, 0.2) is 0 Å². The number of halogens is 1. The second-order valence-electron chi connectivity index (χ2n) is 7.73. The average molecular weight is 438 g/mol. The van der Waals surface area contributed by atoms with Gasteiger partial charge in [-0.25, -0.2) is 4.98 Å². The highest BCUT2D eigenvalue weighted by Gasteiger charge is 2.24. The highest BCUT2D eigenvalue weighted by atomic mass is 35.5. The number of rotatable bonds is 6. The van der Waals surface area contributed by atoms with Gasteiger partial charge in [0.1, 0.15) is 12.4 Å². The Labute approximate surface area is 185 Å². The number of nitrogens with one attached hydrogen (secondary N) is 1. The second-order valence-corrected chi connectivity index (χ2v) is 8.17. The molecule has 0 saturated heterocycles. The highest BCUT2D eigenvalue weighted by Crippen LogP contribution is 2.30. The predicted molar refractivity (Wildman–Crippen MR) is 120 cm³/mol.